The molecule has 0 aliphatic rings. The normalized spacial score (nSPS) is 10.6. The van der Waals surface area contributed by atoms with Crippen molar-refractivity contribution in [1.82, 2.24) is 4.98 Å². The molecule has 1 heterocycles. The van der Waals surface area contributed by atoms with Gasteiger partial charge in [-0.15, -0.1) is 0 Å². The van der Waals surface area contributed by atoms with Gasteiger partial charge in [0, 0.05) is 6.20 Å². The van der Waals surface area contributed by atoms with Gasteiger partial charge in [-0.3, -0.25) is 4.79 Å². The molecule has 0 saturated carbocycles. The predicted molar refractivity (Wildman–Crippen MR) is 68.8 cm³/mol. The van der Waals surface area contributed by atoms with Crippen molar-refractivity contribution < 1.29 is 0 Å². The standard InChI is InChI=1S/C15H10NO/c17-15-10-12(8-9-16-15)14-7-3-5-11-4-1-2-6-13(11)14/h1-9H,(H,16,17). The molecule has 2 aromatic carbocycles. The zero-order chi connectivity index (χ0) is 11.7. The summed E-state index contributed by atoms with van der Waals surface area (Å²) in [5.74, 6) is 0. The first-order valence-electron chi connectivity index (χ1n) is 5.44. The van der Waals surface area contributed by atoms with Gasteiger partial charge in [0.1, 0.15) is 0 Å². The SMILES string of the molecule is O=c1[c]c(-c2cccc3ccccc23)cc[nH]1. The van der Waals surface area contributed by atoms with Crippen LogP contribution < -0.4 is 5.56 Å². The fourth-order valence-electron chi connectivity index (χ4n) is 2.02. The van der Waals surface area contributed by atoms with E-state index < -0.39 is 0 Å². The summed E-state index contributed by atoms with van der Waals surface area (Å²) >= 11 is 0. The Balaban J connectivity index is 2.34. The van der Waals surface area contributed by atoms with Crippen molar-refractivity contribution in [2.45, 2.75) is 0 Å². The highest BCUT2D eigenvalue weighted by atomic mass is 16.1. The number of nitrogens with one attached hydrogen (secondary N) is 1. The third kappa shape index (κ3) is 1.74. The number of hydrogen-bond donors (Lipinski definition) is 1. The van der Waals surface area contributed by atoms with E-state index in [0.29, 0.717) is 0 Å². The van der Waals surface area contributed by atoms with Crippen LogP contribution in [0.25, 0.3) is 21.9 Å². The average molecular weight is 220 g/mol. The molecular formula is C15H10NO. The fourth-order valence-corrected chi connectivity index (χ4v) is 2.02. The van der Waals surface area contributed by atoms with Crippen LogP contribution in [-0.2, 0) is 0 Å². The molecule has 0 amide bonds. The number of pyridine rings is 1. The van der Waals surface area contributed by atoms with Crippen molar-refractivity contribution in [2.24, 2.45) is 0 Å². The van der Waals surface area contributed by atoms with Gasteiger partial charge in [-0.1, -0.05) is 42.5 Å². The molecule has 2 nitrogen and oxygen atoms in total. The number of H-pyrrole nitrogens is 1. The van der Waals surface area contributed by atoms with Crippen LogP contribution in [0.2, 0.25) is 0 Å². The molecule has 0 aliphatic carbocycles. The van der Waals surface area contributed by atoms with Gasteiger partial charge >= 0.3 is 0 Å². The van der Waals surface area contributed by atoms with Crippen LogP contribution in [0.3, 0.4) is 0 Å². The first kappa shape index (κ1) is 9.85. The Kier molecular flexibility index (Phi) is 2.26. The molecule has 0 saturated heterocycles. The van der Waals surface area contributed by atoms with E-state index in [9.17, 15) is 4.79 Å². The average Bonchev–Trinajstić information content (AvgIpc) is 2.38. The predicted octanol–water partition coefficient (Wildman–Crippen LogP) is 3.00. The van der Waals surface area contributed by atoms with E-state index in [4.69, 9.17) is 0 Å². The number of aromatic nitrogens is 1. The highest BCUT2D eigenvalue weighted by Gasteiger charge is 2.03. The molecule has 0 aliphatic heterocycles. The number of benzene rings is 2. The first-order valence-corrected chi connectivity index (χ1v) is 5.44. The van der Waals surface area contributed by atoms with Crippen molar-refractivity contribution in [1.29, 1.82) is 0 Å². The topological polar surface area (TPSA) is 32.9 Å². The number of fused-ring (bicyclic) bond motifs is 1. The molecule has 0 fully saturated rings. The summed E-state index contributed by atoms with van der Waals surface area (Å²) in [4.78, 5) is 13.9. The van der Waals surface area contributed by atoms with Crippen LogP contribution in [0.15, 0.2) is 59.5 Å². The number of rotatable bonds is 1. The Hall–Kier alpha value is -2.35. The van der Waals surface area contributed by atoms with Crippen molar-refractivity contribution >= 4 is 10.8 Å². The second-order valence-corrected chi connectivity index (χ2v) is 3.87. The molecule has 2 heteroatoms. The van der Waals surface area contributed by atoms with Gasteiger partial charge in [0.25, 0.3) is 5.56 Å². The zero-order valence-electron chi connectivity index (χ0n) is 9.10. The summed E-state index contributed by atoms with van der Waals surface area (Å²) in [6.07, 6.45) is 1.65. The second-order valence-electron chi connectivity index (χ2n) is 3.87. The highest BCUT2D eigenvalue weighted by Crippen LogP contribution is 2.26. The van der Waals surface area contributed by atoms with Crippen LogP contribution in [0, 0.1) is 6.07 Å². The Labute approximate surface area is 98.6 Å². The molecule has 1 radical (unpaired) electrons. The minimum absolute atomic E-state index is 0.199. The third-order valence-corrected chi connectivity index (χ3v) is 2.79. The molecule has 0 bridgehead atoms. The van der Waals surface area contributed by atoms with Gasteiger partial charge in [0.2, 0.25) is 0 Å². The molecule has 1 N–H and O–H groups in total. The summed E-state index contributed by atoms with van der Waals surface area (Å²) in [7, 11) is 0. The van der Waals surface area contributed by atoms with Crippen LogP contribution >= 0.6 is 0 Å². The van der Waals surface area contributed by atoms with Crippen LogP contribution in [-0.4, -0.2) is 4.98 Å². The lowest BCUT2D eigenvalue weighted by atomic mass is 9.99. The molecule has 81 valence electrons. The molecule has 0 spiro atoms. The maximum absolute atomic E-state index is 11.3. The van der Waals surface area contributed by atoms with Crippen molar-refractivity contribution in [3.8, 4) is 11.1 Å². The smallest absolute Gasteiger partial charge is 0.256 e. The van der Waals surface area contributed by atoms with Crippen molar-refractivity contribution in [2.75, 3.05) is 0 Å². The Morgan fingerprint density at radius 2 is 1.76 bits per heavy atom. The van der Waals surface area contributed by atoms with Gasteiger partial charge < -0.3 is 4.98 Å². The Morgan fingerprint density at radius 1 is 0.941 bits per heavy atom. The molecule has 3 rings (SSSR count). The van der Waals surface area contributed by atoms with Gasteiger partial charge in [-0.2, -0.15) is 0 Å². The first-order chi connectivity index (χ1) is 8.34. The largest absolute Gasteiger partial charge is 0.329 e. The molecule has 1 aromatic heterocycles. The minimum Gasteiger partial charge on any atom is -0.329 e. The van der Waals surface area contributed by atoms with E-state index in [1.807, 2.05) is 30.3 Å². The lowest BCUT2D eigenvalue weighted by molar-refractivity contribution is 1.23. The molecule has 0 unspecified atom stereocenters. The van der Waals surface area contributed by atoms with Crippen LogP contribution in [0.1, 0.15) is 0 Å². The highest BCUT2D eigenvalue weighted by molar-refractivity contribution is 5.96. The van der Waals surface area contributed by atoms with E-state index >= 15 is 0 Å². The van der Waals surface area contributed by atoms with Gasteiger partial charge in [0.15, 0.2) is 0 Å². The fraction of sp³-hybridized carbons (Fsp3) is 0. The summed E-state index contributed by atoms with van der Waals surface area (Å²) in [6.45, 7) is 0. The maximum Gasteiger partial charge on any atom is 0.256 e. The van der Waals surface area contributed by atoms with Gasteiger partial charge in [-0.25, -0.2) is 0 Å². The van der Waals surface area contributed by atoms with E-state index in [2.05, 4.69) is 29.2 Å². The molecular weight excluding hydrogens is 210 g/mol. The Bertz CT molecular complexity index is 723. The molecule has 17 heavy (non-hydrogen) atoms. The summed E-state index contributed by atoms with van der Waals surface area (Å²) in [6, 6.07) is 18.9. The lowest BCUT2D eigenvalue weighted by Crippen LogP contribution is -2.03. The lowest BCUT2D eigenvalue weighted by Gasteiger charge is -2.05. The van der Waals surface area contributed by atoms with Crippen LogP contribution in [0.5, 0.6) is 0 Å². The van der Waals surface area contributed by atoms with Crippen molar-refractivity contribution in [3.05, 3.63) is 71.1 Å². The van der Waals surface area contributed by atoms with Crippen molar-refractivity contribution in [3.63, 3.8) is 0 Å². The Morgan fingerprint density at radius 3 is 2.65 bits per heavy atom. The quantitative estimate of drug-likeness (QED) is 0.671. The van der Waals surface area contributed by atoms with E-state index in [1.54, 1.807) is 6.20 Å². The van der Waals surface area contributed by atoms with Gasteiger partial charge in [-0.05, 0) is 28.0 Å². The zero-order valence-corrected chi connectivity index (χ0v) is 9.10. The molecule has 0 atom stereocenters. The third-order valence-electron chi connectivity index (χ3n) is 2.79. The van der Waals surface area contributed by atoms with Crippen LogP contribution in [0.4, 0.5) is 0 Å². The van der Waals surface area contributed by atoms with E-state index in [1.165, 1.54) is 5.39 Å². The molecule has 3 aromatic rings. The summed E-state index contributed by atoms with van der Waals surface area (Å²) < 4.78 is 0. The monoisotopic (exact) mass is 220 g/mol. The van der Waals surface area contributed by atoms with E-state index in [-0.39, 0.29) is 5.56 Å². The second kappa shape index (κ2) is 3.91. The summed E-state index contributed by atoms with van der Waals surface area (Å²) in [5.41, 5.74) is 1.66. The van der Waals surface area contributed by atoms with E-state index in [0.717, 1.165) is 16.5 Å². The number of hydrogen-bond acceptors (Lipinski definition) is 1. The van der Waals surface area contributed by atoms with Gasteiger partial charge in [0.05, 0.1) is 6.07 Å². The maximum atomic E-state index is 11.3. The number of aromatic amines is 1. The minimum atomic E-state index is -0.199. The summed E-state index contributed by atoms with van der Waals surface area (Å²) in [5, 5.41) is 2.30.